The van der Waals surface area contributed by atoms with Crippen molar-refractivity contribution >= 4 is 18.0 Å². The van der Waals surface area contributed by atoms with E-state index in [1.54, 1.807) is 0 Å². The van der Waals surface area contributed by atoms with Crippen molar-refractivity contribution in [1.29, 1.82) is 0 Å². The lowest BCUT2D eigenvalue weighted by Crippen LogP contribution is -2.50. The maximum atomic E-state index is 13.2. The van der Waals surface area contributed by atoms with Gasteiger partial charge in [-0.15, -0.1) is 0 Å². The lowest BCUT2D eigenvalue weighted by atomic mass is 9.94. The molecule has 0 radical (unpaired) electrons. The Hall–Kier alpha value is -4.17. The number of alkyl carbamates (subject to hydrolysis) is 1. The number of fused-ring (bicyclic) bond motifs is 3. The number of aliphatic carboxylic acids is 1. The quantitative estimate of drug-likeness (QED) is 0.318. The number of amides is 2. The largest absolute Gasteiger partial charge is 0.480 e. The molecule has 1 fully saturated rings. The monoisotopic (exact) mass is 555 g/mol. The number of nitrogens with one attached hydrogen (secondary N) is 2. The summed E-state index contributed by atoms with van der Waals surface area (Å²) in [6.07, 6.45) is 1.78. The Labute approximate surface area is 240 Å². The fourth-order valence-electron chi connectivity index (χ4n) is 6.23. The van der Waals surface area contributed by atoms with Gasteiger partial charge in [0.1, 0.15) is 12.6 Å². The molecule has 0 spiro atoms. The molecule has 0 aromatic heterocycles. The lowest BCUT2D eigenvalue weighted by Gasteiger charge is -2.25. The molecule has 0 heterocycles. The SMILES string of the molecule is CN(Cc1ccccc1)CC(NC(=O)C1CCCC1CNC(=O)OCC1c2ccccc2-c2ccccc21)C(=O)O. The van der Waals surface area contributed by atoms with Crippen LogP contribution in [0.5, 0.6) is 0 Å². The molecule has 3 atom stereocenters. The van der Waals surface area contributed by atoms with Crippen LogP contribution in [0.25, 0.3) is 11.1 Å². The summed E-state index contributed by atoms with van der Waals surface area (Å²) in [6, 6.07) is 25.1. The number of nitrogens with zero attached hydrogens (tertiary/aromatic N) is 1. The molecular formula is C33H37N3O5. The zero-order chi connectivity index (χ0) is 28.8. The maximum Gasteiger partial charge on any atom is 0.407 e. The van der Waals surface area contributed by atoms with E-state index in [1.807, 2.05) is 66.5 Å². The molecule has 214 valence electrons. The van der Waals surface area contributed by atoms with Gasteiger partial charge in [0, 0.05) is 31.5 Å². The molecule has 3 aromatic carbocycles. The third kappa shape index (κ3) is 6.77. The molecule has 8 nitrogen and oxygen atoms in total. The molecule has 0 bridgehead atoms. The number of rotatable bonds is 11. The van der Waals surface area contributed by atoms with Crippen LogP contribution in [0.3, 0.4) is 0 Å². The highest BCUT2D eigenvalue weighted by atomic mass is 16.5. The van der Waals surface area contributed by atoms with Crippen LogP contribution in [0.2, 0.25) is 0 Å². The first-order chi connectivity index (χ1) is 19.9. The lowest BCUT2D eigenvalue weighted by molar-refractivity contribution is -0.143. The van der Waals surface area contributed by atoms with E-state index in [1.165, 1.54) is 11.1 Å². The summed E-state index contributed by atoms with van der Waals surface area (Å²) in [5.41, 5.74) is 5.71. The first-order valence-corrected chi connectivity index (χ1v) is 14.2. The fraction of sp³-hybridized carbons (Fsp3) is 0.364. The topological polar surface area (TPSA) is 108 Å². The van der Waals surface area contributed by atoms with Crippen LogP contribution < -0.4 is 10.6 Å². The number of hydrogen-bond donors (Lipinski definition) is 3. The normalized spacial score (nSPS) is 18.4. The molecule has 41 heavy (non-hydrogen) atoms. The highest BCUT2D eigenvalue weighted by Crippen LogP contribution is 2.44. The molecule has 1 saturated carbocycles. The van der Waals surface area contributed by atoms with Gasteiger partial charge in [0.25, 0.3) is 0 Å². The van der Waals surface area contributed by atoms with E-state index in [0.717, 1.165) is 29.5 Å². The Kier molecular flexibility index (Phi) is 8.99. The minimum absolute atomic E-state index is 0.0221. The molecule has 3 unspecified atom stereocenters. The third-order valence-electron chi connectivity index (χ3n) is 8.25. The second-order valence-electron chi connectivity index (χ2n) is 11.1. The highest BCUT2D eigenvalue weighted by Gasteiger charge is 2.35. The summed E-state index contributed by atoms with van der Waals surface area (Å²) < 4.78 is 5.65. The molecule has 2 amide bonds. The highest BCUT2D eigenvalue weighted by molar-refractivity contribution is 5.85. The minimum Gasteiger partial charge on any atom is -0.480 e. The number of carboxylic acids is 1. The second-order valence-corrected chi connectivity index (χ2v) is 11.1. The van der Waals surface area contributed by atoms with Crippen LogP contribution in [-0.4, -0.2) is 60.8 Å². The van der Waals surface area contributed by atoms with Crippen molar-refractivity contribution < 1.29 is 24.2 Å². The molecule has 3 N–H and O–H groups in total. The molecule has 5 rings (SSSR count). The summed E-state index contributed by atoms with van der Waals surface area (Å²) in [5, 5.41) is 15.4. The Morgan fingerprint density at radius 3 is 2.22 bits per heavy atom. The summed E-state index contributed by atoms with van der Waals surface area (Å²) in [7, 11) is 1.84. The minimum atomic E-state index is -1.07. The van der Waals surface area contributed by atoms with E-state index in [-0.39, 0.29) is 36.8 Å². The maximum absolute atomic E-state index is 13.2. The van der Waals surface area contributed by atoms with Crippen LogP contribution in [0, 0.1) is 11.8 Å². The van der Waals surface area contributed by atoms with Crippen LogP contribution in [0.4, 0.5) is 4.79 Å². The van der Waals surface area contributed by atoms with Gasteiger partial charge in [0.05, 0.1) is 0 Å². The summed E-state index contributed by atoms with van der Waals surface area (Å²) in [6.45, 7) is 1.30. The summed E-state index contributed by atoms with van der Waals surface area (Å²) in [4.78, 5) is 39.7. The van der Waals surface area contributed by atoms with Gasteiger partial charge < -0.3 is 20.5 Å². The van der Waals surface area contributed by atoms with E-state index in [2.05, 4.69) is 34.9 Å². The number of benzene rings is 3. The van der Waals surface area contributed by atoms with Crippen molar-refractivity contribution in [2.75, 3.05) is 26.7 Å². The predicted octanol–water partition coefficient (Wildman–Crippen LogP) is 4.64. The Morgan fingerprint density at radius 1 is 0.927 bits per heavy atom. The van der Waals surface area contributed by atoms with Crippen molar-refractivity contribution in [3.63, 3.8) is 0 Å². The van der Waals surface area contributed by atoms with E-state index in [4.69, 9.17) is 4.74 Å². The third-order valence-corrected chi connectivity index (χ3v) is 8.25. The Bertz CT molecular complexity index is 1330. The van der Waals surface area contributed by atoms with E-state index < -0.39 is 18.1 Å². The van der Waals surface area contributed by atoms with Gasteiger partial charge in [0.15, 0.2) is 0 Å². The number of likely N-dealkylation sites (N-methyl/N-ethyl adjacent to an activating group) is 1. The first-order valence-electron chi connectivity index (χ1n) is 14.2. The Morgan fingerprint density at radius 2 is 1.56 bits per heavy atom. The number of carboxylic acid groups (broad SMARTS) is 1. The summed E-state index contributed by atoms with van der Waals surface area (Å²) >= 11 is 0. The van der Waals surface area contributed by atoms with Crippen molar-refractivity contribution in [3.05, 3.63) is 95.6 Å². The van der Waals surface area contributed by atoms with Gasteiger partial charge in [-0.25, -0.2) is 9.59 Å². The van der Waals surface area contributed by atoms with Crippen molar-refractivity contribution in [2.24, 2.45) is 11.8 Å². The van der Waals surface area contributed by atoms with Crippen molar-refractivity contribution in [2.45, 2.75) is 37.8 Å². The molecular weight excluding hydrogens is 518 g/mol. The van der Waals surface area contributed by atoms with Gasteiger partial charge >= 0.3 is 12.1 Å². The van der Waals surface area contributed by atoms with E-state index in [0.29, 0.717) is 19.5 Å². The van der Waals surface area contributed by atoms with Crippen molar-refractivity contribution in [3.8, 4) is 11.1 Å². The van der Waals surface area contributed by atoms with Gasteiger partial charge in [-0.3, -0.25) is 9.69 Å². The zero-order valence-corrected chi connectivity index (χ0v) is 23.3. The van der Waals surface area contributed by atoms with Gasteiger partial charge in [0.2, 0.25) is 5.91 Å². The van der Waals surface area contributed by atoms with Crippen LogP contribution in [0.1, 0.15) is 41.9 Å². The molecule has 2 aliphatic carbocycles. The van der Waals surface area contributed by atoms with E-state index >= 15 is 0 Å². The molecule has 0 aliphatic heterocycles. The Balaban J connectivity index is 1.11. The fourth-order valence-corrected chi connectivity index (χ4v) is 6.23. The van der Waals surface area contributed by atoms with Gasteiger partial charge in [-0.1, -0.05) is 85.3 Å². The van der Waals surface area contributed by atoms with Crippen molar-refractivity contribution in [1.82, 2.24) is 15.5 Å². The molecule has 0 saturated heterocycles. The van der Waals surface area contributed by atoms with Gasteiger partial charge in [-0.05, 0) is 53.6 Å². The number of hydrogen-bond acceptors (Lipinski definition) is 5. The van der Waals surface area contributed by atoms with Crippen LogP contribution in [-0.2, 0) is 20.9 Å². The number of carbonyl (C=O) groups is 3. The molecule has 3 aromatic rings. The van der Waals surface area contributed by atoms with E-state index in [9.17, 15) is 19.5 Å². The first kappa shape index (κ1) is 28.4. The van der Waals surface area contributed by atoms with Crippen LogP contribution >= 0.6 is 0 Å². The standard InChI is InChI=1S/C33H37N3O5/c1-36(19-22-10-3-2-4-11-22)20-30(32(38)39)35-31(37)24-17-9-12-23(24)18-34-33(40)41-21-29-27-15-7-5-13-25(27)26-14-6-8-16-28(26)29/h2-8,10-11,13-16,23-24,29-30H,9,12,17-21H2,1H3,(H,34,40)(H,35,37)(H,38,39). The average molecular weight is 556 g/mol. The number of ether oxygens (including phenoxy) is 1. The molecule has 2 aliphatic rings. The smallest absolute Gasteiger partial charge is 0.407 e. The predicted molar refractivity (Wildman–Crippen MR) is 156 cm³/mol. The summed E-state index contributed by atoms with van der Waals surface area (Å²) in [5.74, 6) is -1.80. The number of carbonyl (C=O) groups excluding carboxylic acids is 2. The molecule has 8 heteroatoms. The van der Waals surface area contributed by atoms with Gasteiger partial charge in [-0.2, -0.15) is 0 Å². The second kappa shape index (κ2) is 13.0. The zero-order valence-electron chi connectivity index (χ0n) is 23.3. The average Bonchev–Trinajstić information content (AvgIpc) is 3.58. The van der Waals surface area contributed by atoms with Crippen LogP contribution in [0.15, 0.2) is 78.9 Å².